The van der Waals surface area contributed by atoms with Crippen LogP contribution in [0.3, 0.4) is 0 Å². The number of benzene rings is 2. The average molecular weight is 502 g/mol. The van der Waals surface area contributed by atoms with Crippen molar-refractivity contribution in [2.45, 2.75) is 13.8 Å². The number of anilines is 1. The Bertz CT molecular complexity index is 775. The van der Waals surface area contributed by atoms with Gasteiger partial charge >= 0.3 is 0 Å². The van der Waals surface area contributed by atoms with Gasteiger partial charge < -0.3 is 14.8 Å². The average Bonchev–Trinajstić information content (AvgIpc) is 2.55. The lowest BCUT2D eigenvalue weighted by molar-refractivity contribution is -0.121. The molecule has 0 bridgehead atoms. The predicted octanol–water partition coefficient (Wildman–Crippen LogP) is 4.81. The van der Waals surface area contributed by atoms with Gasteiger partial charge in [0.1, 0.15) is 11.5 Å². The Hall–Kier alpha value is -1.64. The molecule has 1 amide bonds. The zero-order chi connectivity index (χ0) is 19.1. The number of carbonyl (C=O) groups excluding carboxylic acids is 1. The van der Waals surface area contributed by atoms with Gasteiger partial charge in [0.25, 0.3) is 5.91 Å². The third-order valence-corrected chi connectivity index (χ3v) is 4.47. The number of rotatable bonds is 6. The molecule has 0 aliphatic carbocycles. The maximum atomic E-state index is 12.0. The molecule has 0 atom stereocenters. The van der Waals surface area contributed by atoms with E-state index in [1.807, 2.05) is 50.2 Å². The van der Waals surface area contributed by atoms with Crippen molar-refractivity contribution in [1.29, 1.82) is 0 Å². The van der Waals surface area contributed by atoms with E-state index in [1.165, 1.54) is 0 Å². The quantitative estimate of drug-likeness (QED) is 0.556. The molecule has 0 spiro atoms. The first-order valence-electron chi connectivity index (χ1n) is 7.81. The van der Waals surface area contributed by atoms with Gasteiger partial charge in [-0.3, -0.25) is 10.1 Å². The smallest absolute Gasteiger partial charge is 0.264 e. The highest BCUT2D eigenvalue weighted by molar-refractivity contribution is 9.11. The van der Waals surface area contributed by atoms with Gasteiger partial charge in [-0.25, -0.2) is 0 Å². The van der Waals surface area contributed by atoms with Gasteiger partial charge in [0, 0.05) is 10.2 Å². The largest absolute Gasteiger partial charge is 0.494 e. The number of ether oxygens (including phenoxy) is 2. The van der Waals surface area contributed by atoms with Crippen molar-refractivity contribution in [2.75, 3.05) is 18.5 Å². The van der Waals surface area contributed by atoms with Gasteiger partial charge in [-0.05, 0) is 84.0 Å². The van der Waals surface area contributed by atoms with Gasteiger partial charge in [-0.2, -0.15) is 0 Å². The number of carbonyl (C=O) groups is 1. The second-order valence-corrected chi connectivity index (χ2v) is 7.46. The van der Waals surface area contributed by atoms with Crippen LogP contribution in [0.25, 0.3) is 0 Å². The molecule has 8 heteroatoms. The zero-order valence-corrected chi connectivity index (χ0v) is 18.3. The van der Waals surface area contributed by atoms with Crippen molar-refractivity contribution >= 4 is 60.8 Å². The maximum Gasteiger partial charge on any atom is 0.264 e. The number of nitrogens with one attached hydrogen (secondary N) is 2. The molecule has 138 valence electrons. The van der Waals surface area contributed by atoms with E-state index in [0.717, 1.165) is 25.9 Å². The lowest BCUT2D eigenvalue weighted by atomic mass is 10.2. The normalized spacial score (nSPS) is 10.2. The molecule has 0 radical (unpaired) electrons. The van der Waals surface area contributed by atoms with Crippen LogP contribution in [0.15, 0.2) is 45.3 Å². The number of hydrogen-bond acceptors (Lipinski definition) is 4. The molecule has 0 aliphatic heterocycles. The number of thiocarbonyl (C=S) groups is 1. The fraction of sp³-hybridized carbons (Fsp3) is 0.222. The molecule has 0 heterocycles. The van der Waals surface area contributed by atoms with Crippen LogP contribution in [0.2, 0.25) is 0 Å². The van der Waals surface area contributed by atoms with Crippen molar-refractivity contribution < 1.29 is 14.3 Å². The van der Waals surface area contributed by atoms with Crippen molar-refractivity contribution in [3.8, 4) is 11.5 Å². The van der Waals surface area contributed by atoms with Crippen LogP contribution in [0.5, 0.6) is 11.5 Å². The van der Waals surface area contributed by atoms with E-state index in [-0.39, 0.29) is 17.6 Å². The molecule has 0 aliphatic rings. The van der Waals surface area contributed by atoms with E-state index in [1.54, 1.807) is 0 Å². The molecule has 0 aromatic heterocycles. The fourth-order valence-corrected chi connectivity index (χ4v) is 3.92. The lowest BCUT2D eigenvalue weighted by Gasteiger charge is -2.13. The third kappa shape index (κ3) is 6.26. The monoisotopic (exact) mass is 500 g/mol. The van der Waals surface area contributed by atoms with Crippen LogP contribution < -0.4 is 20.1 Å². The minimum atomic E-state index is -0.345. The van der Waals surface area contributed by atoms with Crippen LogP contribution in [-0.4, -0.2) is 24.2 Å². The highest BCUT2D eigenvalue weighted by Gasteiger charge is 2.11. The molecule has 0 saturated heterocycles. The predicted molar refractivity (Wildman–Crippen MR) is 114 cm³/mol. The summed E-state index contributed by atoms with van der Waals surface area (Å²) in [4.78, 5) is 12.0. The summed E-state index contributed by atoms with van der Waals surface area (Å²) in [5.41, 5.74) is 1.67. The van der Waals surface area contributed by atoms with E-state index >= 15 is 0 Å². The molecule has 26 heavy (non-hydrogen) atoms. The summed E-state index contributed by atoms with van der Waals surface area (Å²) in [7, 11) is 0. The Balaban J connectivity index is 1.84. The van der Waals surface area contributed by atoms with Crippen molar-refractivity contribution in [3.63, 3.8) is 0 Å². The first kappa shape index (κ1) is 20.7. The Labute approximate surface area is 174 Å². The summed E-state index contributed by atoms with van der Waals surface area (Å²) in [6.45, 7) is 4.29. The molecular weight excluding hydrogens is 484 g/mol. The van der Waals surface area contributed by atoms with Gasteiger partial charge in [0.15, 0.2) is 11.7 Å². The molecule has 2 N–H and O–H groups in total. The van der Waals surface area contributed by atoms with Crippen LogP contribution in [0, 0.1) is 6.92 Å². The van der Waals surface area contributed by atoms with Gasteiger partial charge in [0.05, 0.1) is 11.1 Å². The summed E-state index contributed by atoms with van der Waals surface area (Å²) in [6, 6.07) is 11.1. The minimum absolute atomic E-state index is 0.147. The zero-order valence-electron chi connectivity index (χ0n) is 14.3. The molecule has 0 saturated carbocycles. The van der Waals surface area contributed by atoms with E-state index < -0.39 is 0 Å². The Morgan fingerprint density at radius 1 is 1.15 bits per heavy atom. The summed E-state index contributed by atoms with van der Waals surface area (Å²) in [5.74, 6) is 1.05. The van der Waals surface area contributed by atoms with Crippen molar-refractivity contribution in [3.05, 3.63) is 50.9 Å². The number of hydrogen-bond donors (Lipinski definition) is 2. The maximum absolute atomic E-state index is 12.0. The lowest BCUT2D eigenvalue weighted by Crippen LogP contribution is -2.37. The fourth-order valence-electron chi connectivity index (χ4n) is 2.14. The minimum Gasteiger partial charge on any atom is -0.494 e. The molecule has 2 aromatic rings. The van der Waals surface area contributed by atoms with Crippen LogP contribution in [0.4, 0.5) is 5.69 Å². The van der Waals surface area contributed by atoms with Crippen LogP contribution >= 0.6 is 44.1 Å². The van der Waals surface area contributed by atoms with Crippen LogP contribution in [-0.2, 0) is 4.79 Å². The molecular formula is C18H18Br2N2O3S. The molecule has 0 unspecified atom stereocenters. The highest BCUT2D eigenvalue weighted by atomic mass is 79.9. The number of amides is 1. The van der Waals surface area contributed by atoms with Gasteiger partial charge in [0.2, 0.25) is 0 Å². The molecule has 2 rings (SSSR count). The Kier molecular flexibility index (Phi) is 7.86. The van der Waals surface area contributed by atoms with Crippen molar-refractivity contribution in [1.82, 2.24) is 5.32 Å². The standard InChI is InChI=1S/C18H18Br2N2O3S/c1-3-24-14-6-4-13(5-7-14)21-18(26)22-16(23)10-25-17-11(2)8-12(19)9-15(17)20/h4-9H,3,10H2,1-2H3,(H2,21,22,23,26). The van der Waals surface area contributed by atoms with Crippen molar-refractivity contribution in [2.24, 2.45) is 0 Å². The van der Waals surface area contributed by atoms with E-state index in [0.29, 0.717) is 12.4 Å². The second kappa shape index (κ2) is 9.89. The molecule has 0 fully saturated rings. The van der Waals surface area contributed by atoms with Crippen LogP contribution in [0.1, 0.15) is 12.5 Å². The number of aryl methyl sites for hydroxylation is 1. The van der Waals surface area contributed by atoms with Gasteiger partial charge in [-0.1, -0.05) is 15.9 Å². The highest BCUT2D eigenvalue weighted by Crippen LogP contribution is 2.32. The van der Waals surface area contributed by atoms with E-state index in [4.69, 9.17) is 21.7 Å². The first-order valence-corrected chi connectivity index (χ1v) is 9.80. The first-order chi connectivity index (χ1) is 12.4. The van der Waals surface area contributed by atoms with E-state index in [9.17, 15) is 4.79 Å². The molecule has 5 nitrogen and oxygen atoms in total. The second-order valence-electron chi connectivity index (χ2n) is 5.28. The molecule has 2 aromatic carbocycles. The van der Waals surface area contributed by atoms with E-state index in [2.05, 4.69) is 42.5 Å². The summed E-state index contributed by atoms with van der Waals surface area (Å²) in [6.07, 6.45) is 0. The summed E-state index contributed by atoms with van der Waals surface area (Å²) >= 11 is 12.0. The third-order valence-electron chi connectivity index (χ3n) is 3.22. The summed E-state index contributed by atoms with van der Waals surface area (Å²) in [5, 5.41) is 5.74. The Morgan fingerprint density at radius 2 is 1.85 bits per heavy atom. The SMILES string of the molecule is CCOc1ccc(NC(=S)NC(=O)COc2c(C)cc(Br)cc2Br)cc1. The number of halogens is 2. The summed E-state index contributed by atoms with van der Waals surface area (Å²) < 4.78 is 12.7. The van der Waals surface area contributed by atoms with Gasteiger partial charge in [-0.15, -0.1) is 0 Å². The Morgan fingerprint density at radius 3 is 2.46 bits per heavy atom. The topological polar surface area (TPSA) is 59.6 Å².